The van der Waals surface area contributed by atoms with Gasteiger partial charge in [0, 0.05) is 5.56 Å². The van der Waals surface area contributed by atoms with Crippen molar-refractivity contribution in [2.24, 2.45) is 4.99 Å². The van der Waals surface area contributed by atoms with Crippen LogP contribution in [0.5, 0.6) is 0 Å². The minimum Gasteiger partial charge on any atom is -0.394 e. The summed E-state index contributed by atoms with van der Waals surface area (Å²) in [7, 11) is 0. The van der Waals surface area contributed by atoms with Gasteiger partial charge in [0.05, 0.1) is 17.5 Å². The lowest BCUT2D eigenvalue weighted by molar-refractivity contribution is -0.357. The van der Waals surface area contributed by atoms with Gasteiger partial charge in [-0.1, -0.05) is 18.2 Å². The average Bonchev–Trinajstić information content (AvgIpc) is 2.50. The van der Waals surface area contributed by atoms with Gasteiger partial charge in [-0.25, -0.2) is 0 Å². The van der Waals surface area contributed by atoms with Crippen LogP contribution < -0.4 is 0 Å². The number of ether oxygens (including phenoxy) is 1. The molecule has 1 aliphatic rings. The summed E-state index contributed by atoms with van der Waals surface area (Å²) in [5, 5.41) is 51.6. The van der Waals surface area contributed by atoms with Crippen molar-refractivity contribution in [2.45, 2.75) is 30.2 Å². The minimum atomic E-state index is -2.35. The summed E-state index contributed by atoms with van der Waals surface area (Å²) in [5.74, 6) is -2.35. The predicted molar refractivity (Wildman–Crippen MR) is 75.0 cm³/mol. The van der Waals surface area contributed by atoms with Crippen LogP contribution in [0, 0.1) is 0 Å². The first-order valence-corrected chi connectivity index (χ1v) is 6.59. The lowest BCUT2D eigenvalue weighted by atomic mass is 9.87. The van der Waals surface area contributed by atoms with E-state index in [4.69, 9.17) is 4.74 Å². The molecule has 1 aromatic carbocycles. The molecule has 1 aliphatic heterocycles. The summed E-state index contributed by atoms with van der Waals surface area (Å²) in [6, 6.07) is 6.13. The quantitative estimate of drug-likeness (QED) is 0.360. The highest BCUT2D eigenvalue weighted by molar-refractivity contribution is 7.78. The van der Waals surface area contributed by atoms with E-state index < -0.39 is 36.8 Å². The summed E-state index contributed by atoms with van der Waals surface area (Å²) < 4.78 is 5.21. The van der Waals surface area contributed by atoms with Gasteiger partial charge in [0.1, 0.15) is 24.4 Å². The van der Waals surface area contributed by atoms with Gasteiger partial charge in [0.2, 0.25) is 5.79 Å². The number of para-hydroxylation sites is 1. The number of aliphatic hydroxyl groups excluding tert-OH is 4. The van der Waals surface area contributed by atoms with Gasteiger partial charge in [-0.3, -0.25) is 0 Å². The predicted octanol–water partition coefficient (Wildman–Crippen LogP) is -0.960. The second-order valence-electron chi connectivity index (χ2n) is 4.68. The molecule has 0 radical (unpaired) electrons. The van der Waals surface area contributed by atoms with E-state index in [0.29, 0.717) is 0 Å². The van der Waals surface area contributed by atoms with E-state index in [9.17, 15) is 25.5 Å². The lowest BCUT2D eigenvalue weighted by Gasteiger charge is -2.45. The maximum absolute atomic E-state index is 10.6. The van der Waals surface area contributed by atoms with Crippen molar-refractivity contribution in [3.05, 3.63) is 29.8 Å². The molecule has 21 heavy (non-hydrogen) atoms. The Labute approximate surface area is 125 Å². The fourth-order valence-corrected chi connectivity index (χ4v) is 2.40. The third kappa shape index (κ3) is 2.76. The molecule has 0 aliphatic carbocycles. The summed E-state index contributed by atoms with van der Waals surface area (Å²) in [5.41, 5.74) is 0.230. The van der Waals surface area contributed by atoms with E-state index in [-0.39, 0.29) is 11.3 Å². The van der Waals surface area contributed by atoms with Gasteiger partial charge in [-0.2, -0.15) is 4.99 Å². The van der Waals surface area contributed by atoms with Crippen LogP contribution in [0.2, 0.25) is 0 Å². The molecule has 1 heterocycles. The zero-order valence-electron chi connectivity index (χ0n) is 10.8. The van der Waals surface area contributed by atoms with Gasteiger partial charge in [-0.05, 0) is 18.3 Å². The Morgan fingerprint density at radius 3 is 2.52 bits per heavy atom. The summed E-state index contributed by atoms with van der Waals surface area (Å²) in [4.78, 5) is 3.76. The smallest absolute Gasteiger partial charge is 0.224 e. The Morgan fingerprint density at radius 1 is 1.24 bits per heavy atom. The zero-order chi connectivity index (χ0) is 15.6. The molecule has 0 unspecified atom stereocenters. The average molecular weight is 313 g/mol. The van der Waals surface area contributed by atoms with Crippen molar-refractivity contribution in [2.75, 3.05) is 6.61 Å². The Bertz CT molecular complexity index is 561. The molecule has 8 heteroatoms. The van der Waals surface area contributed by atoms with Crippen molar-refractivity contribution in [3.8, 4) is 0 Å². The molecule has 1 fully saturated rings. The fraction of sp³-hybridized carbons (Fsp3) is 0.462. The van der Waals surface area contributed by atoms with Crippen LogP contribution >= 0.6 is 12.2 Å². The summed E-state index contributed by atoms with van der Waals surface area (Å²) in [6.07, 6.45) is -6.34. The maximum Gasteiger partial charge on any atom is 0.224 e. The molecule has 0 amide bonds. The molecule has 5 N–H and O–H groups in total. The molecule has 0 saturated carbocycles. The molecule has 1 aromatic rings. The molecule has 114 valence electrons. The minimum absolute atomic E-state index is 0.0410. The van der Waals surface area contributed by atoms with E-state index >= 15 is 0 Å². The number of aliphatic hydroxyl groups is 5. The van der Waals surface area contributed by atoms with Gasteiger partial charge in [-0.15, -0.1) is 0 Å². The van der Waals surface area contributed by atoms with Crippen molar-refractivity contribution in [1.82, 2.24) is 0 Å². The Kier molecular flexibility index (Phi) is 4.82. The van der Waals surface area contributed by atoms with Crippen LogP contribution in [0.4, 0.5) is 5.69 Å². The highest BCUT2D eigenvalue weighted by Crippen LogP contribution is 2.40. The number of thiocarbonyl (C=S) groups is 1. The van der Waals surface area contributed by atoms with Crippen molar-refractivity contribution >= 4 is 23.1 Å². The second-order valence-corrected chi connectivity index (χ2v) is 4.86. The fourth-order valence-electron chi connectivity index (χ4n) is 2.30. The molecule has 1 saturated heterocycles. The van der Waals surface area contributed by atoms with Crippen LogP contribution in [0.25, 0.3) is 0 Å². The molecule has 0 bridgehead atoms. The number of benzene rings is 1. The van der Waals surface area contributed by atoms with Crippen LogP contribution in [0.3, 0.4) is 0 Å². The molecule has 0 spiro atoms. The first-order chi connectivity index (χ1) is 9.95. The standard InChI is InChI=1S/C13H15NO6S/c15-5-9-10(16)11(17)12(18)13(19,20-9)7-3-1-2-4-8(7)14-6-21/h1-4,9-12,15-19H,5H2/t9-,10+,11+,12-,13-/m1/s1. The number of hydrogen-bond acceptors (Lipinski definition) is 8. The van der Waals surface area contributed by atoms with Gasteiger partial charge in [0.15, 0.2) is 0 Å². The molecule has 7 nitrogen and oxygen atoms in total. The van der Waals surface area contributed by atoms with E-state index in [0.717, 1.165) is 0 Å². The Hall–Kier alpha value is -1.22. The summed E-state index contributed by atoms with van der Waals surface area (Å²) >= 11 is 4.52. The van der Waals surface area contributed by atoms with Gasteiger partial charge < -0.3 is 30.3 Å². The monoisotopic (exact) mass is 313 g/mol. The highest BCUT2D eigenvalue weighted by atomic mass is 32.1. The third-order valence-electron chi connectivity index (χ3n) is 3.42. The van der Waals surface area contributed by atoms with E-state index in [1.165, 1.54) is 12.1 Å². The molecular formula is C13H15NO6S. The number of nitrogens with zero attached hydrogens (tertiary/aromatic N) is 1. The zero-order valence-corrected chi connectivity index (χ0v) is 11.6. The number of aliphatic imine (C=N–C) groups is 1. The lowest BCUT2D eigenvalue weighted by Crippen LogP contribution is -2.63. The first-order valence-electron chi connectivity index (χ1n) is 6.18. The van der Waals surface area contributed by atoms with Crippen LogP contribution in [-0.2, 0) is 10.5 Å². The Balaban J connectivity index is 2.52. The van der Waals surface area contributed by atoms with Crippen molar-refractivity contribution < 1.29 is 30.3 Å². The molecule has 2 rings (SSSR count). The molecular weight excluding hydrogens is 298 g/mol. The highest BCUT2D eigenvalue weighted by Gasteiger charge is 2.54. The number of isothiocyanates is 1. The SMILES string of the molecule is OC[C@H]1O[C@](O)(c2ccccc2N=C=S)[C@H](O)[C@@H](O)[C@H]1O. The number of hydrogen-bond donors (Lipinski definition) is 5. The molecule has 0 aromatic heterocycles. The first kappa shape index (κ1) is 16.2. The second kappa shape index (κ2) is 6.27. The van der Waals surface area contributed by atoms with Crippen molar-refractivity contribution in [1.29, 1.82) is 0 Å². The van der Waals surface area contributed by atoms with Crippen LogP contribution in [0.1, 0.15) is 5.56 Å². The number of rotatable bonds is 3. The van der Waals surface area contributed by atoms with Gasteiger partial charge >= 0.3 is 0 Å². The third-order valence-corrected chi connectivity index (χ3v) is 3.51. The Morgan fingerprint density at radius 2 is 1.90 bits per heavy atom. The normalized spacial score (nSPS) is 36.0. The van der Waals surface area contributed by atoms with E-state index in [1.807, 2.05) is 0 Å². The molecule has 5 atom stereocenters. The van der Waals surface area contributed by atoms with Crippen molar-refractivity contribution in [3.63, 3.8) is 0 Å². The maximum atomic E-state index is 10.6. The van der Waals surface area contributed by atoms with Crippen LogP contribution in [0.15, 0.2) is 29.3 Å². The van der Waals surface area contributed by atoms with E-state index in [1.54, 1.807) is 12.1 Å². The topological polar surface area (TPSA) is 123 Å². The van der Waals surface area contributed by atoms with Crippen LogP contribution in [-0.4, -0.2) is 61.7 Å². The summed E-state index contributed by atoms with van der Waals surface area (Å²) in [6.45, 7) is -0.647. The largest absolute Gasteiger partial charge is 0.394 e. The van der Waals surface area contributed by atoms with E-state index in [2.05, 4.69) is 22.4 Å². The van der Waals surface area contributed by atoms with Gasteiger partial charge in [0.25, 0.3) is 0 Å².